The summed E-state index contributed by atoms with van der Waals surface area (Å²) in [5.41, 5.74) is 8.10. The van der Waals surface area contributed by atoms with Gasteiger partial charge in [0.15, 0.2) is 0 Å². The van der Waals surface area contributed by atoms with Crippen LogP contribution in [0.5, 0.6) is 0 Å². The summed E-state index contributed by atoms with van der Waals surface area (Å²) in [6, 6.07) is 3.80. The number of anilines is 1. The standard InChI is InChI=1S/C22H40N2O/c1-21(2,3)22(4,5)15-11-9-7-6-8-10-12-16-25-18-20-14-13-19(23)17-24-20/h13-14,17H,6-12,15-16,18,23H2,1-5H3. The number of aromatic nitrogens is 1. The van der Waals surface area contributed by atoms with Crippen LogP contribution >= 0.6 is 0 Å². The second kappa shape index (κ2) is 10.8. The van der Waals surface area contributed by atoms with Crippen LogP contribution in [-0.4, -0.2) is 11.6 Å². The Kier molecular flexibility index (Phi) is 9.48. The molecule has 0 bridgehead atoms. The Hall–Kier alpha value is -1.09. The molecule has 3 heteroatoms. The average Bonchev–Trinajstić information content (AvgIpc) is 2.53. The van der Waals surface area contributed by atoms with Crippen molar-refractivity contribution < 1.29 is 4.74 Å². The number of ether oxygens (including phenoxy) is 1. The van der Waals surface area contributed by atoms with Crippen LogP contribution in [-0.2, 0) is 11.3 Å². The van der Waals surface area contributed by atoms with Crippen LogP contribution < -0.4 is 5.73 Å². The first kappa shape index (κ1) is 22.0. The summed E-state index contributed by atoms with van der Waals surface area (Å²) < 4.78 is 5.67. The number of nitrogen functional groups attached to an aromatic ring is 1. The summed E-state index contributed by atoms with van der Waals surface area (Å²) >= 11 is 0. The van der Waals surface area contributed by atoms with E-state index in [9.17, 15) is 0 Å². The van der Waals surface area contributed by atoms with Crippen LogP contribution in [0, 0.1) is 10.8 Å². The smallest absolute Gasteiger partial charge is 0.0887 e. The van der Waals surface area contributed by atoms with Crippen molar-refractivity contribution in [1.82, 2.24) is 4.98 Å². The normalized spacial score (nSPS) is 12.5. The molecular weight excluding hydrogens is 308 g/mol. The van der Waals surface area contributed by atoms with Crippen LogP contribution in [0.3, 0.4) is 0 Å². The van der Waals surface area contributed by atoms with Gasteiger partial charge in [-0.2, -0.15) is 0 Å². The molecule has 0 saturated carbocycles. The highest BCUT2D eigenvalue weighted by Crippen LogP contribution is 2.41. The molecule has 0 spiro atoms. The minimum Gasteiger partial charge on any atom is -0.397 e. The third kappa shape index (κ3) is 9.25. The van der Waals surface area contributed by atoms with E-state index < -0.39 is 0 Å². The van der Waals surface area contributed by atoms with Gasteiger partial charge in [0.25, 0.3) is 0 Å². The number of hydrogen-bond acceptors (Lipinski definition) is 3. The average molecular weight is 349 g/mol. The SMILES string of the molecule is CC(C)(C)C(C)(C)CCCCCCCCCOCc1ccc(N)cn1. The summed E-state index contributed by atoms with van der Waals surface area (Å²) in [5.74, 6) is 0. The van der Waals surface area contributed by atoms with Crippen molar-refractivity contribution in [2.75, 3.05) is 12.3 Å². The molecule has 0 amide bonds. The van der Waals surface area contributed by atoms with Gasteiger partial charge in [0.1, 0.15) is 0 Å². The molecule has 1 rings (SSSR count). The first-order chi connectivity index (χ1) is 11.7. The maximum atomic E-state index is 5.67. The molecule has 1 aromatic rings. The van der Waals surface area contributed by atoms with Gasteiger partial charge in [0.2, 0.25) is 0 Å². The lowest BCUT2D eigenvalue weighted by atomic mass is 9.67. The number of hydrogen-bond donors (Lipinski definition) is 1. The van der Waals surface area contributed by atoms with E-state index >= 15 is 0 Å². The molecule has 25 heavy (non-hydrogen) atoms. The zero-order valence-corrected chi connectivity index (χ0v) is 17.2. The highest BCUT2D eigenvalue weighted by atomic mass is 16.5. The van der Waals surface area contributed by atoms with Crippen molar-refractivity contribution in [2.45, 2.75) is 92.6 Å². The number of rotatable bonds is 12. The molecule has 3 nitrogen and oxygen atoms in total. The third-order valence-corrected chi connectivity index (χ3v) is 5.72. The van der Waals surface area contributed by atoms with Crippen LogP contribution in [0.4, 0.5) is 5.69 Å². The summed E-state index contributed by atoms with van der Waals surface area (Å²) in [7, 11) is 0. The minimum atomic E-state index is 0.398. The molecule has 0 unspecified atom stereocenters. The molecule has 0 atom stereocenters. The van der Waals surface area contributed by atoms with Gasteiger partial charge in [-0.1, -0.05) is 73.1 Å². The Balaban J connectivity index is 1.91. The van der Waals surface area contributed by atoms with Crippen LogP contribution in [0.2, 0.25) is 0 Å². The second-order valence-corrected chi connectivity index (χ2v) is 8.99. The van der Waals surface area contributed by atoms with Crippen molar-refractivity contribution in [3.8, 4) is 0 Å². The largest absolute Gasteiger partial charge is 0.397 e. The molecule has 0 aliphatic rings. The summed E-state index contributed by atoms with van der Waals surface area (Å²) in [6.45, 7) is 13.3. The quantitative estimate of drug-likeness (QED) is 0.446. The van der Waals surface area contributed by atoms with E-state index in [1.165, 1.54) is 44.9 Å². The Bertz CT molecular complexity index is 460. The van der Waals surface area contributed by atoms with E-state index in [1.54, 1.807) is 6.20 Å². The lowest BCUT2D eigenvalue weighted by molar-refractivity contribution is 0.113. The Morgan fingerprint density at radius 1 is 0.880 bits per heavy atom. The molecule has 0 aliphatic carbocycles. The van der Waals surface area contributed by atoms with Gasteiger partial charge in [-0.15, -0.1) is 0 Å². The number of nitrogens with two attached hydrogens (primary N) is 1. The summed E-state index contributed by atoms with van der Waals surface area (Å²) in [6.07, 6.45) is 12.2. The zero-order chi connectivity index (χ0) is 18.8. The Labute approximate surface area is 155 Å². The third-order valence-electron chi connectivity index (χ3n) is 5.72. The van der Waals surface area contributed by atoms with Gasteiger partial charge >= 0.3 is 0 Å². The van der Waals surface area contributed by atoms with Crippen LogP contribution in [0.25, 0.3) is 0 Å². The lowest BCUT2D eigenvalue weighted by Crippen LogP contribution is -2.29. The number of unbranched alkanes of at least 4 members (excludes halogenated alkanes) is 6. The van der Waals surface area contributed by atoms with E-state index in [1.807, 2.05) is 12.1 Å². The van der Waals surface area contributed by atoms with Crippen molar-refractivity contribution in [2.24, 2.45) is 10.8 Å². The summed E-state index contributed by atoms with van der Waals surface area (Å²) in [4.78, 5) is 4.24. The predicted octanol–water partition coefficient (Wildman–Crippen LogP) is 6.37. The molecule has 0 saturated heterocycles. The lowest BCUT2D eigenvalue weighted by Gasteiger charge is -2.39. The number of nitrogens with zero attached hydrogens (tertiary/aromatic N) is 1. The molecule has 1 aromatic heterocycles. The molecule has 144 valence electrons. The van der Waals surface area contributed by atoms with E-state index in [4.69, 9.17) is 10.5 Å². The van der Waals surface area contributed by atoms with Crippen molar-refractivity contribution >= 4 is 5.69 Å². The van der Waals surface area contributed by atoms with Gasteiger partial charge in [0, 0.05) is 6.61 Å². The molecule has 2 N–H and O–H groups in total. The van der Waals surface area contributed by atoms with E-state index in [-0.39, 0.29) is 0 Å². The maximum absolute atomic E-state index is 5.67. The Morgan fingerprint density at radius 2 is 1.48 bits per heavy atom. The van der Waals surface area contributed by atoms with Crippen molar-refractivity contribution in [1.29, 1.82) is 0 Å². The highest BCUT2D eigenvalue weighted by Gasteiger charge is 2.31. The molecule has 0 fully saturated rings. The predicted molar refractivity (Wildman–Crippen MR) is 108 cm³/mol. The maximum Gasteiger partial charge on any atom is 0.0887 e. The van der Waals surface area contributed by atoms with Crippen molar-refractivity contribution in [3.05, 3.63) is 24.0 Å². The topological polar surface area (TPSA) is 48.1 Å². The fraction of sp³-hybridized carbons (Fsp3) is 0.773. The van der Waals surface area contributed by atoms with Crippen molar-refractivity contribution in [3.63, 3.8) is 0 Å². The van der Waals surface area contributed by atoms with Gasteiger partial charge in [-0.3, -0.25) is 4.98 Å². The molecule has 0 aromatic carbocycles. The minimum absolute atomic E-state index is 0.398. The molecule has 1 heterocycles. The first-order valence-electron chi connectivity index (χ1n) is 10.0. The number of pyridine rings is 1. The van der Waals surface area contributed by atoms with Gasteiger partial charge < -0.3 is 10.5 Å². The summed E-state index contributed by atoms with van der Waals surface area (Å²) in [5, 5.41) is 0. The van der Waals surface area contributed by atoms with Gasteiger partial charge in [-0.05, 0) is 35.8 Å². The second-order valence-electron chi connectivity index (χ2n) is 8.99. The Morgan fingerprint density at radius 3 is 2.04 bits per heavy atom. The molecular formula is C22H40N2O. The zero-order valence-electron chi connectivity index (χ0n) is 17.2. The van der Waals surface area contributed by atoms with Gasteiger partial charge in [0.05, 0.1) is 24.2 Å². The fourth-order valence-corrected chi connectivity index (χ4v) is 2.73. The fourth-order valence-electron chi connectivity index (χ4n) is 2.73. The monoisotopic (exact) mass is 348 g/mol. The van der Waals surface area contributed by atoms with Crippen LogP contribution in [0.15, 0.2) is 18.3 Å². The highest BCUT2D eigenvalue weighted by molar-refractivity contribution is 5.34. The molecule has 0 aliphatic heterocycles. The van der Waals surface area contributed by atoms with E-state index in [2.05, 4.69) is 39.6 Å². The molecule has 0 radical (unpaired) electrons. The van der Waals surface area contributed by atoms with E-state index in [0.717, 1.165) is 18.7 Å². The first-order valence-corrected chi connectivity index (χ1v) is 10.0. The van der Waals surface area contributed by atoms with Gasteiger partial charge in [-0.25, -0.2) is 0 Å². The van der Waals surface area contributed by atoms with Crippen LogP contribution in [0.1, 0.15) is 91.7 Å². The van der Waals surface area contributed by atoms with E-state index in [0.29, 0.717) is 23.1 Å².